The lowest BCUT2D eigenvalue weighted by Gasteiger charge is -2.14. The number of rotatable bonds is 6. The van der Waals surface area contributed by atoms with E-state index < -0.39 is 3.93 Å². The SMILES string of the molecule is Clc1cccc(-c2ccccc2)c1OCCC[Si](Br)(Br)Br. The lowest BCUT2D eigenvalue weighted by Crippen LogP contribution is -2.09. The summed E-state index contributed by atoms with van der Waals surface area (Å²) in [5.74, 6) is 0.761. The number of ether oxygens (including phenoxy) is 1. The van der Waals surface area contributed by atoms with Crippen molar-refractivity contribution >= 4 is 61.4 Å². The van der Waals surface area contributed by atoms with E-state index >= 15 is 0 Å². The molecule has 0 saturated carbocycles. The van der Waals surface area contributed by atoms with Crippen molar-refractivity contribution in [1.29, 1.82) is 0 Å². The average molecular weight is 514 g/mol. The van der Waals surface area contributed by atoms with Crippen molar-refractivity contribution < 1.29 is 4.74 Å². The summed E-state index contributed by atoms with van der Waals surface area (Å²) in [6, 6.07) is 17.0. The Morgan fingerprint density at radius 1 is 0.952 bits per heavy atom. The molecule has 2 aromatic carbocycles. The Labute approximate surface area is 154 Å². The van der Waals surface area contributed by atoms with Crippen molar-refractivity contribution in [1.82, 2.24) is 0 Å². The highest BCUT2D eigenvalue weighted by atomic mass is 80.0. The van der Waals surface area contributed by atoms with E-state index in [0.29, 0.717) is 11.6 Å². The Bertz CT molecular complexity index is 587. The molecule has 0 heterocycles. The van der Waals surface area contributed by atoms with Gasteiger partial charge in [0.25, 0.3) is 3.93 Å². The first kappa shape index (κ1) is 17.5. The lowest BCUT2D eigenvalue weighted by atomic mass is 10.0. The molecule has 21 heavy (non-hydrogen) atoms. The normalized spacial score (nSPS) is 11.4. The van der Waals surface area contributed by atoms with Gasteiger partial charge in [0, 0.05) is 5.56 Å². The minimum Gasteiger partial charge on any atom is -0.491 e. The molecular formula is C15H14Br3ClOSi. The predicted octanol–water partition coefficient (Wildman–Crippen LogP) is 6.90. The third-order valence-electron chi connectivity index (χ3n) is 2.90. The topological polar surface area (TPSA) is 9.23 Å². The van der Waals surface area contributed by atoms with Gasteiger partial charge in [0.1, 0.15) is 5.75 Å². The van der Waals surface area contributed by atoms with E-state index in [2.05, 4.69) is 58.0 Å². The van der Waals surface area contributed by atoms with Crippen LogP contribution in [0.15, 0.2) is 48.5 Å². The van der Waals surface area contributed by atoms with Gasteiger partial charge >= 0.3 is 0 Å². The van der Waals surface area contributed by atoms with E-state index in [1.165, 1.54) is 0 Å². The van der Waals surface area contributed by atoms with Gasteiger partial charge in [-0.2, -0.15) is 0 Å². The first-order chi connectivity index (χ1) is 9.97. The van der Waals surface area contributed by atoms with Gasteiger partial charge in [-0.25, -0.2) is 0 Å². The zero-order valence-electron chi connectivity index (χ0n) is 11.2. The summed E-state index contributed by atoms with van der Waals surface area (Å²) in [5, 5.41) is 0.649. The van der Waals surface area contributed by atoms with Crippen LogP contribution in [0.3, 0.4) is 0 Å². The third-order valence-corrected chi connectivity index (χ3v) is 7.69. The summed E-state index contributed by atoms with van der Waals surface area (Å²) in [7, 11) is 0. The van der Waals surface area contributed by atoms with Gasteiger partial charge in [0.2, 0.25) is 0 Å². The van der Waals surface area contributed by atoms with E-state index in [9.17, 15) is 0 Å². The first-order valence-corrected chi connectivity index (χ1v) is 15.9. The Morgan fingerprint density at radius 3 is 2.33 bits per heavy atom. The van der Waals surface area contributed by atoms with Crippen molar-refractivity contribution in [3.05, 3.63) is 53.6 Å². The summed E-state index contributed by atoms with van der Waals surface area (Å²) >= 11 is 17.2. The summed E-state index contributed by atoms with van der Waals surface area (Å²) in [5.41, 5.74) is 2.14. The van der Waals surface area contributed by atoms with Crippen LogP contribution in [0.5, 0.6) is 5.75 Å². The molecule has 112 valence electrons. The molecule has 0 aliphatic heterocycles. The number of halogens is 4. The van der Waals surface area contributed by atoms with Crippen LogP contribution < -0.4 is 4.74 Å². The maximum Gasteiger partial charge on any atom is 0.267 e. The molecule has 0 N–H and O–H groups in total. The third kappa shape index (κ3) is 5.71. The zero-order valence-corrected chi connectivity index (χ0v) is 17.7. The van der Waals surface area contributed by atoms with Gasteiger partial charge in [0.05, 0.1) is 11.6 Å². The van der Waals surface area contributed by atoms with E-state index in [1.807, 2.05) is 36.4 Å². The molecule has 0 amide bonds. The minimum absolute atomic E-state index is 0.640. The van der Waals surface area contributed by atoms with Crippen LogP contribution in [0.2, 0.25) is 11.1 Å². The van der Waals surface area contributed by atoms with Crippen molar-refractivity contribution in [2.75, 3.05) is 6.61 Å². The Morgan fingerprint density at radius 2 is 1.67 bits per heavy atom. The molecule has 2 aromatic rings. The van der Waals surface area contributed by atoms with Crippen LogP contribution in [0.4, 0.5) is 0 Å². The standard InChI is InChI=1S/C15H14Br3ClOSi/c16-21(17,18)11-5-10-20-15-13(8-4-9-14(15)19)12-6-2-1-3-7-12/h1-4,6-9H,5,10-11H2. The molecule has 1 nitrogen and oxygen atoms in total. The highest BCUT2D eigenvalue weighted by Crippen LogP contribution is 2.37. The van der Waals surface area contributed by atoms with Gasteiger partial charge in [-0.05, 0) is 24.1 Å². The Hall–Kier alpha value is 0.187. The van der Waals surface area contributed by atoms with Gasteiger partial charge < -0.3 is 4.74 Å². The summed E-state index contributed by atoms with van der Waals surface area (Å²) in [6.07, 6.45) is 0.952. The molecule has 0 radical (unpaired) electrons. The highest BCUT2D eigenvalue weighted by Gasteiger charge is 2.21. The Kier molecular flexibility index (Phi) is 6.81. The highest BCUT2D eigenvalue weighted by molar-refractivity contribution is 9.72. The van der Waals surface area contributed by atoms with Crippen LogP contribution in [0, 0.1) is 0 Å². The number of para-hydroxylation sites is 1. The van der Waals surface area contributed by atoms with Gasteiger partial charge in [-0.15, -0.1) is 0 Å². The fourth-order valence-electron chi connectivity index (χ4n) is 1.95. The van der Waals surface area contributed by atoms with E-state index in [1.54, 1.807) is 0 Å². The predicted molar refractivity (Wildman–Crippen MR) is 104 cm³/mol. The molecule has 0 aromatic heterocycles. The van der Waals surface area contributed by atoms with Crippen LogP contribution in [0.25, 0.3) is 11.1 Å². The second kappa shape index (κ2) is 8.16. The van der Waals surface area contributed by atoms with Crippen molar-refractivity contribution in [3.8, 4) is 16.9 Å². The number of hydrogen-bond acceptors (Lipinski definition) is 1. The lowest BCUT2D eigenvalue weighted by molar-refractivity contribution is 0.319. The number of hydrogen-bond donors (Lipinski definition) is 0. The average Bonchev–Trinajstić information content (AvgIpc) is 2.44. The fraction of sp³-hybridized carbons (Fsp3) is 0.200. The van der Waals surface area contributed by atoms with Crippen LogP contribution in [-0.4, -0.2) is 10.5 Å². The van der Waals surface area contributed by atoms with E-state index in [-0.39, 0.29) is 0 Å². The van der Waals surface area contributed by atoms with Crippen molar-refractivity contribution in [2.24, 2.45) is 0 Å². The summed E-state index contributed by atoms with van der Waals surface area (Å²) in [6.45, 7) is 0.640. The quantitative estimate of drug-likeness (QED) is 0.232. The molecule has 0 fully saturated rings. The molecule has 0 atom stereocenters. The molecule has 0 bridgehead atoms. The summed E-state index contributed by atoms with van der Waals surface area (Å²) < 4.78 is 4.38. The van der Waals surface area contributed by atoms with E-state index in [0.717, 1.165) is 29.3 Å². The number of benzene rings is 2. The van der Waals surface area contributed by atoms with Gasteiger partial charge in [-0.3, -0.25) is 0 Å². The molecule has 0 aliphatic rings. The molecular weight excluding hydrogens is 499 g/mol. The van der Waals surface area contributed by atoms with E-state index in [4.69, 9.17) is 16.3 Å². The van der Waals surface area contributed by atoms with Crippen molar-refractivity contribution in [2.45, 2.75) is 12.5 Å². The Balaban J connectivity index is 2.12. The maximum atomic E-state index is 6.30. The molecule has 0 saturated heterocycles. The summed E-state index contributed by atoms with van der Waals surface area (Å²) in [4.78, 5) is 0. The first-order valence-electron chi connectivity index (χ1n) is 6.51. The van der Waals surface area contributed by atoms with Crippen LogP contribution >= 0.6 is 57.5 Å². The smallest absolute Gasteiger partial charge is 0.267 e. The largest absolute Gasteiger partial charge is 0.491 e. The monoisotopic (exact) mass is 510 g/mol. The minimum atomic E-state index is -1.56. The van der Waals surface area contributed by atoms with Crippen molar-refractivity contribution in [3.63, 3.8) is 0 Å². The molecule has 2 rings (SSSR count). The zero-order chi connectivity index (χ0) is 15.3. The molecule has 0 unspecified atom stereocenters. The second-order valence-corrected chi connectivity index (χ2v) is 28.4. The second-order valence-electron chi connectivity index (χ2n) is 4.55. The molecule has 0 aliphatic carbocycles. The molecule has 6 heteroatoms. The van der Waals surface area contributed by atoms with Crippen LogP contribution in [0.1, 0.15) is 6.42 Å². The van der Waals surface area contributed by atoms with Gasteiger partial charge in [-0.1, -0.05) is 99.9 Å². The molecule has 0 spiro atoms. The maximum absolute atomic E-state index is 6.30. The van der Waals surface area contributed by atoms with Gasteiger partial charge in [0.15, 0.2) is 0 Å². The fourth-order valence-corrected chi connectivity index (χ4v) is 5.25. The van der Waals surface area contributed by atoms with Crippen LogP contribution in [-0.2, 0) is 0 Å².